The number of methoxy groups -OCH3 is 1. The molecule has 0 unspecified atom stereocenters. The van der Waals surface area contributed by atoms with Gasteiger partial charge in [-0.1, -0.05) is 0 Å². The average molecular weight is 250 g/mol. The minimum Gasteiger partial charge on any atom is -0.480 e. The van der Waals surface area contributed by atoms with Crippen LogP contribution in [-0.2, 0) is 0 Å². The van der Waals surface area contributed by atoms with Crippen LogP contribution in [0.5, 0.6) is 5.88 Å². The van der Waals surface area contributed by atoms with Crippen molar-refractivity contribution in [2.24, 2.45) is 0 Å². The monoisotopic (exact) mass is 250 g/mol. The summed E-state index contributed by atoms with van der Waals surface area (Å²) in [5.74, 6) is 0.676. The number of aryl methyl sites for hydroxylation is 2. The number of thiophene rings is 2. The third-order valence-electron chi connectivity index (χ3n) is 2.71. The number of fused-ring (bicyclic) bond motifs is 3. The van der Waals surface area contributed by atoms with Crippen LogP contribution in [0.1, 0.15) is 10.4 Å². The number of ether oxygens (including phenoxy) is 1. The summed E-state index contributed by atoms with van der Waals surface area (Å²) in [4.78, 5) is 9.86. The van der Waals surface area contributed by atoms with E-state index in [2.05, 4.69) is 23.8 Å². The Hall–Kier alpha value is -1.20. The first-order chi connectivity index (χ1) is 7.72. The van der Waals surface area contributed by atoms with Gasteiger partial charge in [0.25, 0.3) is 0 Å². The lowest BCUT2D eigenvalue weighted by Crippen LogP contribution is -1.87. The summed E-state index contributed by atoms with van der Waals surface area (Å²) in [5.41, 5.74) is 2.37. The second-order valence-corrected chi connectivity index (χ2v) is 5.85. The maximum Gasteiger partial charge on any atom is 0.234 e. The van der Waals surface area contributed by atoms with E-state index in [9.17, 15) is 0 Å². The Morgan fingerprint density at radius 2 is 1.88 bits per heavy atom. The van der Waals surface area contributed by atoms with Gasteiger partial charge in [0.1, 0.15) is 16.5 Å². The zero-order chi connectivity index (χ0) is 11.3. The van der Waals surface area contributed by atoms with Crippen molar-refractivity contribution in [1.29, 1.82) is 0 Å². The van der Waals surface area contributed by atoms with Crippen LogP contribution in [0.2, 0.25) is 0 Å². The van der Waals surface area contributed by atoms with Gasteiger partial charge in [-0.15, -0.1) is 22.7 Å². The minimum atomic E-state index is 0.676. The van der Waals surface area contributed by atoms with Crippen molar-refractivity contribution < 1.29 is 4.74 Å². The van der Waals surface area contributed by atoms with Gasteiger partial charge in [-0.05, 0) is 19.4 Å². The molecule has 5 heteroatoms. The quantitative estimate of drug-likeness (QED) is 0.662. The predicted octanol–water partition coefficient (Wildman–Crippen LogP) is 3.53. The highest BCUT2D eigenvalue weighted by Gasteiger charge is 2.16. The third kappa shape index (κ3) is 1.18. The Balaban J connectivity index is 2.52. The van der Waals surface area contributed by atoms with E-state index in [-0.39, 0.29) is 0 Å². The summed E-state index contributed by atoms with van der Waals surface area (Å²) in [6, 6.07) is 0. The fraction of sp³-hybridized carbons (Fsp3) is 0.273. The zero-order valence-electron chi connectivity index (χ0n) is 9.20. The molecule has 3 nitrogen and oxygen atoms in total. The SMILES string of the molecule is COc1ncnc2c1sc1c(C)c(C)sc12. The van der Waals surface area contributed by atoms with E-state index in [1.165, 1.54) is 19.8 Å². The normalized spacial score (nSPS) is 11.4. The van der Waals surface area contributed by atoms with E-state index in [1.54, 1.807) is 36.1 Å². The number of aromatic nitrogens is 2. The first kappa shape index (κ1) is 9.99. The van der Waals surface area contributed by atoms with Gasteiger partial charge in [0.05, 0.1) is 16.5 Å². The molecule has 3 aromatic rings. The first-order valence-electron chi connectivity index (χ1n) is 4.89. The van der Waals surface area contributed by atoms with Gasteiger partial charge in [0.15, 0.2) is 0 Å². The molecule has 3 heterocycles. The van der Waals surface area contributed by atoms with E-state index in [0.717, 1.165) is 10.2 Å². The maximum absolute atomic E-state index is 5.26. The summed E-state index contributed by atoms with van der Waals surface area (Å²) in [7, 11) is 1.65. The van der Waals surface area contributed by atoms with E-state index in [0.29, 0.717) is 5.88 Å². The van der Waals surface area contributed by atoms with Crippen molar-refractivity contribution in [3.05, 3.63) is 16.8 Å². The first-order valence-corrected chi connectivity index (χ1v) is 6.53. The van der Waals surface area contributed by atoms with Crippen LogP contribution in [0.25, 0.3) is 19.6 Å². The van der Waals surface area contributed by atoms with E-state index < -0.39 is 0 Å². The number of rotatable bonds is 1. The molecular formula is C11H10N2OS2. The lowest BCUT2D eigenvalue weighted by atomic mass is 10.3. The van der Waals surface area contributed by atoms with Crippen molar-refractivity contribution in [3.8, 4) is 5.88 Å². The molecule has 0 aliphatic carbocycles. The predicted molar refractivity (Wildman–Crippen MR) is 68.8 cm³/mol. The van der Waals surface area contributed by atoms with Crippen LogP contribution >= 0.6 is 22.7 Å². The molecule has 0 bridgehead atoms. The Morgan fingerprint density at radius 3 is 2.62 bits per heavy atom. The standard InChI is InChI=1S/C11H10N2OS2/c1-5-6(2)15-9-7-10(16-8(5)9)11(14-3)13-4-12-7/h4H,1-3H3. The molecule has 82 valence electrons. The van der Waals surface area contributed by atoms with Crippen molar-refractivity contribution in [2.75, 3.05) is 7.11 Å². The average Bonchev–Trinajstić information content (AvgIpc) is 2.78. The molecule has 3 aromatic heterocycles. The van der Waals surface area contributed by atoms with Crippen molar-refractivity contribution in [1.82, 2.24) is 9.97 Å². The van der Waals surface area contributed by atoms with Crippen LogP contribution in [0, 0.1) is 13.8 Å². The van der Waals surface area contributed by atoms with Crippen molar-refractivity contribution in [2.45, 2.75) is 13.8 Å². The van der Waals surface area contributed by atoms with Crippen LogP contribution in [0.3, 0.4) is 0 Å². The molecule has 0 spiro atoms. The summed E-state index contributed by atoms with van der Waals surface area (Å²) in [6.45, 7) is 4.31. The van der Waals surface area contributed by atoms with Gasteiger partial charge in [0.2, 0.25) is 5.88 Å². The largest absolute Gasteiger partial charge is 0.480 e. The van der Waals surface area contributed by atoms with Crippen LogP contribution in [0.4, 0.5) is 0 Å². The van der Waals surface area contributed by atoms with Crippen molar-refractivity contribution in [3.63, 3.8) is 0 Å². The molecule has 0 atom stereocenters. The van der Waals surface area contributed by atoms with Gasteiger partial charge in [-0.2, -0.15) is 0 Å². The molecule has 0 aliphatic rings. The summed E-state index contributed by atoms with van der Waals surface area (Å²) in [6.07, 6.45) is 1.57. The van der Waals surface area contributed by atoms with Crippen LogP contribution < -0.4 is 4.74 Å². The fourth-order valence-corrected chi connectivity index (χ4v) is 4.36. The molecule has 0 N–H and O–H groups in total. The van der Waals surface area contributed by atoms with Gasteiger partial charge < -0.3 is 4.74 Å². The summed E-state index contributed by atoms with van der Waals surface area (Å²) in [5, 5.41) is 0. The Labute approximate surface area is 101 Å². The third-order valence-corrected chi connectivity index (χ3v) is 5.34. The maximum atomic E-state index is 5.26. The Kier molecular flexibility index (Phi) is 2.12. The number of hydrogen-bond acceptors (Lipinski definition) is 5. The van der Waals surface area contributed by atoms with E-state index in [4.69, 9.17) is 4.74 Å². The van der Waals surface area contributed by atoms with Gasteiger partial charge >= 0.3 is 0 Å². The molecule has 0 saturated heterocycles. The highest BCUT2D eigenvalue weighted by atomic mass is 32.1. The summed E-state index contributed by atoms with van der Waals surface area (Å²) >= 11 is 3.52. The molecule has 16 heavy (non-hydrogen) atoms. The second-order valence-electron chi connectivity index (χ2n) is 3.60. The fourth-order valence-electron chi connectivity index (χ4n) is 1.74. The summed E-state index contributed by atoms with van der Waals surface area (Å²) < 4.78 is 8.89. The van der Waals surface area contributed by atoms with Gasteiger partial charge in [-0.3, -0.25) is 0 Å². The highest BCUT2D eigenvalue weighted by Crippen LogP contribution is 2.43. The lowest BCUT2D eigenvalue weighted by molar-refractivity contribution is 0.403. The zero-order valence-corrected chi connectivity index (χ0v) is 10.8. The molecule has 0 radical (unpaired) electrons. The Morgan fingerprint density at radius 1 is 1.06 bits per heavy atom. The topological polar surface area (TPSA) is 35.0 Å². The lowest BCUT2D eigenvalue weighted by Gasteiger charge is -1.97. The Bertz CT molecular complexity index is 684. The number of hydrogen-bond donors (Lipinski definition) is 0. The second kappa shape index (κ2) is 3.40. The number of nitrogens with zero attached hydrogens (tertiary/aromatic N) is 2. The van der Waals surface area contributed by atoms with E-state index >= 15 is 0 Å². The van der Waals surface area contributed by atoms with Gasteiger partial charge in [-0.25, -0.2) is 9.97 Å². The highest BCUT2D eigenvalue weighted by molar-refractivity contribution is 7.33. The molecule has 0 amide bonds. The molecule has 0 saturated carbocycles. The molecule has 0 aromatic carbocycles. The molecular weight excluding hydrogens is 240 g/mol. The minimum absolute atomic E-state index is 0.676. The molecule has 3 rings (SSSR count). The smallest absolute Gasteiger partial charge is 0.234 e. The van der Waals surface area contributed by atoms with Crippen molar-refractivity contribution >= 4 is 42.3 Å². The van der Waals surface area contributed by atoms with Gasteiger partial charge in [0, 0.05) is 4.88 Å². The molecule has 0 aliphatic heterocycles. The van der Waals surface area contributed by atoms with Crippen LogP contribution in [-0.4, -0.2) is 17.1 Å². The molecule has 0 fully saturated rings. The van der Waals surface area contributed by atoms with E-state index in [1.807, 2.05) is 0 Å². The van der Waals surface area contributed by atoms with Crippen LogP contribution in [0.15, 0.2) is 6.33 Å².